The molecule has 0 bridgehead atoms. The molecular weight excluding hydrogens is 148 g/mol. The summed E-state index contributed by atoms with van der Waals surface area (Å²) in [7, 11) is 0. The average molecular weight is 157 g/mol. The number of rotatable bonds is 1. The first-order valence-corrected chi connectivity index (χ1v) is 3.85. The van der Waals surface area contributed by atoms with Crippen molar-refractivity contribution >= 4 is 0 Å². The summed E-state index contributed by atoms with van der Waals surface area (Å²) in [6.07, 6.45) is 4.64. The lowest BCUT2D eigenvalue weighted by Crippen LogP contribution is -1.93. The lowest BCUT2D eigenvalue weighted by molar-refractivity contribution is 0.876. The molecule has 0 N–H and O–H groups in total. The molecule has 0 aliphatic carbocycles. The molecule has 0 saturated heterocycles. The SMILES string of the molecule is Cc1cccc(-n2cc[c]n2)c1. The van der Waals surface area contributed by atoms with Gasteiger partial charge in [-0.2, -0.15) is 5.10 Å². The fourth-order valence-electron chi connectivity index (χ4n) is 1.15. The number of benzene rings is 1. The van der Waals surface area contributed by atoms with Crippen LogP contribution >= 0.6 is 0 Å². The third-order valence-electron chi connectivity index (χ3n) is 1.72. The van der Waals surface area contributed by atoms with Gasteiger partial charge in [0.25, 0.3) is 0 Å². The summed E-state index contributed by atoms with van der Waals surface area (Å²) >= 11 is 0. The molecule has 0 amide bonds. The summed E-state index contributed by atoms with van der Waals surface area (Å²) < 4.78 is 1.80. The highest BCUT2D eigenvalue weighted by Crippen LogP contribution is 2.07. The number of hydrogen-bond donors (Lipinski definition) is 0. The smallest absolute Gasteiger partial charge is 0.113 e. The van der Waals surface area contributed by atoms with Crippen LogP contribution in [0, 0.1) is 13.1 Å². The summed E-state index contributed by atoms with van der Waals surface area (Å²) in [6.45, 7) is 2.07. The van der Waals surface area contributed by atoms with Gasteiger partial charge in [0.1, 0.15) is 6.20 Å². The van der Waals surface area contributed by atoms with Crippen molar-refractivity contribution in [3.8, 4) is 5.69 Å². The Labute approximate surface area is 71.5 Å². The minimum absolute atomic E-state index is 1.08. The molecular formula is C10H9N2. The Balaban J connectivity index is 2.48. The Bertz CT molecular complexity index is 363. The van der Waals surface area contributed by atoms with Crippen LogP contribution in [0.4, 0.5) is 0 Å². The maximum atomic E-state index is 4.02. The second-order valence-corrected chi connectivity index (χ2v) is 2.73. The van der Waals surface area contributed by atoms with Gasteiger partial charge < -0.3 is 0 Å². The molecule has 0 spiro atoms. The maximum absolute atomic E-state index is 4.02. The zero-order valence-corrected chi connectivity index (χ0v) is 6.86. The molecule has 1 aromatic heterocycles. The van der Waals surface area contributed by atoms with Gasteiger partial charge in [-0.15, -0.1) is 0 Å². The van der Waals surface area contributed by atoms with E-state index in [4.69, 9.17) is 0 Å². The first-order valence-electron chi connectivity index (χ1n) is 3.85. The Morgan fingerprint density at radius 2 is 2.33 bits per heavy atom. The Morgan fingerprint density at radius 3 is 3.00 bits per heavy atom. The lowest BCUT2D eigenvalue weighted by atomic mass is 10.2. The summed E-state index contributed by atoms with van der Waals surface area (Å²) in [5.74, 6) is 0. The van der Waals surface area contributed by atoms with E-state index in [2.05, 4.69) is 30.4 Å². The maximum Gasteiger partial charge on any atom is 0.113 e. The summed E-state index contributed by atoms with van der Waals surface area (Å²) in [5.41, 5.74) is 2.32. The van der Waals surface area contributed by atoms with Gasteiger partial charge in [0.2, 0.25) is 0 Å². The first-order chi connectivity index (χ1) is 5.86. The summed E-state index contributed by atoms with van der Waals surface area (Å²) in [4.78, 5) is 0. The molecule has 0 fully saturated rings. The van der Waals surface area contributed by atoms with E-state index in [-0.39, 0.29) is 0 Å². The van der Waals surface area contributed by atoms with Gasteiger partial charge in [0.15, 0.2) is 0 Å². The molecule has 0 saturated carbocycles. The van der Waals surface area contributed by atoms with Crippen LogP contribution in [0.2, 0.25) is 0 Å². The predicted molar refractivity (Wildman–Crippen MR) is 47.1 cm³/mol. The van der Waals surface area contributed by atoms with E-state index in [1.807, 2.05) is 18.3 Å². The number of aromatic nitrogens is 2. The van der Waals surface area contributed by atoms with Gasteiger partial charge in [0.05, 0.1) is 5.69 Å². The molecule has 1 heterocycles. The van der Waals surface area contributed by atoms with Gasteiger partial charge in [-0.1, -0.05) is 12.1 Å². The molecule has 2 heteroatoms. The van der Waals surface area contributed by atoms with Gasteiger partial charge in [-0.05, 0) is 30.7 Å². The van der Waals surface area contributed by atoms with E-state index >= 15 is 0 Å². The molecule has 0 atom stereocenters. The molecule has 1 radical (unpaired) electrons. The second kappa shape index (κ2) is 2.81. The highest BCUT2D eigenvalue weighted by atomic mass is 15.3. The summed E-state index contributed by atoms with van der Waals surface area (Å²) in [5, 5.41) is 4.02. The molecule has 0 unspecified atom stereocenters. The van der Waals surface area contributed by atoms with Crippen LogP contribution in [-0.4, -0.2) is 9.78 Å². The van der Waals surface area contributed by atoms with Crippen LogP contribution in [0.3, 0.4) is 0 Å². The number of nitrogens with zero attached hydrogens (tertiary/aromatic N) is 2. The van der Waals surface area contributed by atoms with E-state index in [0.29, 0.717) is 0 Å². The minimum atomic E-state index is 1.08. The predicted octanol–water partition coefficient (Wildman–Crippen LogP) is 1.98. The van der Waals surface area contributed by atoms with Gasteiger partial charge in [-0.3, -0.25) is 0 Å². The van der Waals surface area contributed by atoms with Crippen molar-refractivity contribution in [2.75, 3.05) is 0 Å². The van der Waals surface area contributed by atoms with Crippen LogP contribution in [0.15, 0.2) is 36.5 Å². The highest BCUT2D eigenvalue weighted by molar-refractivity contribution is 5.34. The van der Waals surface area contributed by atoms with Crippen molar-refractivity contribution in [1.29, 1.82) is 0 Å². The number of aryl methyl sites for hydroxylation is 1. The van der Waals surface area contributed by atoms with E-state index in [9.17, 15) is 0 Å². The third kappa shape index (κ3) is 1.23. The van der Waals surface area contributed by atoms with Crippen molar-refractivity contribution in [2.24, 2.45) is 0 Å². The molecule has 0 aliphatic rings. The van der Waals surface area contributed by atoms with Crippen LogP contribution in [-0.2, 0) is 0 Å². The fraction of sp³-hybridized carbons (Fsp3) is 0.100. The van der Waals surface area contributed by atoms with Crippen molar-refractivity contribution in [3.05, 3.63) is 48.3 Å². The Kier molecular flexibility index (Phi) is 1.67. The third-order valence-corrected chi connectivity index (χ3v) is 1.72. The van der Waals surface area contributed by atoms with Crippen molar-refractivity contribution in [1.82, 2.24) is 9.78 Å². The van der Waals surface area contributed by atoms with Crippen molar-refractivity contribution in [3.63, 3.8) is 0 Å². The van der Waals surface area contributed by atoms with Gasteiger partial charge >= 0.3 is 0 Å². The zero-order chi connectivity index (χ0) is 8.39. The fourth-order valence-corrected chi connectivity index (χ4v) is 1.15. The largest absolute Gasteiger partial charge is 0.240 e. The van der Waals surface area contributed by atoms with Gasteiger partial charge in [0, 0.05) is 6.20 Å². The Hall–Kier alpha value is -1.57. The first kappa shape index (κ1) is 7.10. The normalized spacial score (nSPS) is 10.1. The van der Waals surface area contributed by atoms with Crippen molar-refractivity contribution < 1.29 is 0 Å². The number of hydrogen-bond acceptors (Lipinski definition) is 1. The lowest BCUT2D eigenvalue weighted by Gasteiger charge is -2.00. The molecule has 2 rings (SSSR count). The quantitative estimate of drug-likeness (QED) is 0.619. The van der Waals surface area contributed by atoms with Crippen LogP contribution in [0.1, 0.15) is 5.56 Å². The minimum Gasteiger partial charge on any atom is -0.240 e. The highest BCUT2D eigenvalue weighted by Gasteiger charge is 1.94. The van der Waals surface area contributed by atoms with Gasteiger partial charge in [-0.25, -0.2) is 4.68 Å². The molecule has 1 aromatic carbocycles. The zero-order valence-electron chi connectivity index (χ0n) is 6.86. The van der Waals surface area contributed by atoms with Crippen LogP contribution in [0.25, 0.3) is 5.69 Å². The topological polar surface area (TPSA) is 17.8 Å². The molecule has 2 aromatic rings. The van der Waals surface area contributed by atoms with E-state index in [1.165, 1.54) is 5.56 Å². The average Bonchev–Trinajstić information content (AvgIpc) is 2.56. The monoisotopic (exact) mass is 157 g/mol. The van der Waals surface area contributed by atoms with E-state index in [0.717, 1.165) is 5.69 Å². The van der Waals surface area contributed by atoms with E-state index < -0.39 is 0 Å². The van der Waals surface area contributed by atoms with Crippen LogP contribution < -0.4 is 0 Å². The van der Waals surface area contributed by atoms with E-state index in [1.54, 1.807) is 10.7 Å². The standard InChI is InChI=1S/C10H9N2/c1-9-4-2-5-10(8-9)12-7-3-6-11-12/h2-5,7-8H,1H3. The molecule has 12 heavy (non-hydrogen) atoms. The van der Waals surface area contributed by atoms with Crippen LogP contribution in [0.5, 0.6) is 0 Å². The summed E-state index contributed by atoms with van der Waals surface area (Å²) in [6, 6.07) is 9.99. The van der Waals surface area contributed by atoms with Crippen molar-refractivity contribution in [2.45, 2.75) is 6.92 Å². The molecule has 2 nitrogen and oxygen atoms in total. The Morgan fingerprint density at radius 1 is 1.42 bits per heavy atom. The molecule has 0 aliphatic heterocycles. The molecule has 59 valence electrons. The second-order valence-electron chi connectivity index (χ2n) is 2.73.